The third-order valence-electron chi connectivity index (χ3n) is 2.26. The SMILES string of the molecule is O=C(CCC(=O)c1cc(Br)cs1)c1cc(Br)cs1. The maximum atomic E-state index is 11.8. The molecule has 0 aliphatic heterocycles. The predicted molar refractivity (Wildman–Crippen MR) is 81.9 cm³/mol. The van der Waals surface area contributed by atoms with Crippen molar-refractivity contribution in [1.29, 1.82) is 0 Å². The molecule has 0 amide bonds. The first-order valence-electron chi connectivity index (χ1n) is 5.11. The van der Waals surface area contributed by atoms with E-state index in [0.717, 1.165) is 8.95 Å². The third kappa shape index (κ3) is 3.60. The lowest BCUT2D eigenvalue weighted by molar-refractivity contribution is 0.0921. The number of carbonyl (C=O) groups excluding carboxylic acids is 2. The Bertz CT molecular complexity index is 534. The zero-order valence-corrected chi connectivity index (χ0v) is 13.9. The molecule has 94 valence electrons. The van der Waals surface area contributed by atoms with E-state index in [2.05, 4.69) is 31.9 Å². The van der Waals surface area contributed by atoms with Gasteiger partial charge < -0.3 is 0 Å². The normalized spacial score (nSPS) is 10.6. The molecule has 0 radical (unpaired) electrons. The second-order valence-electron chi connectivity index (χ2n) is 3.60. The van der Waals surface area contributed by atoms with Crippen LogP contribution < -0.4 is 0 Å². The Morgan fingerprint density at radius 2 is 1.28 bits per heavy atom. The van der Waals surface area contributed by atoms with Gasteiger partial charge >= 0.3 is 0 Å². The van der Waals surface area contributed by atoms with Crippen molar-refractivity contribution in [3.63, 3.8) is 0 Å². The molecule has 0 saturated carbocycles. The van der Waals surface area contributed by atoms with Gasteiger partial charge in [-0.1, -0.05) is 0 Å². The number of rotatable bonds is 5. The minimum absolute atomic E-state index is 0.0228. The fourth-order valence-corrected chi connectivity index (χ4v) is 4.19. The molecule has 2 aromatic heterocycles. The summed E-state index contributed by atoms with van der Waals surface area (Å²) in [6.07, 6.45) is 0.530. The molecule has 2 aromatic rings. The highest BCUT2D eigenvalue weighted by atomic mass is 79.9. The Hall–Kier alpha value is -0.300. The minimum Gasteiger partial charge on any atom is -0.293 e. The molecular weight excluding hydrogens is 400 g/mol. The predicted octanol–water partition coefficient (Wildman–Crippen LogP) is 5.18. The molecule has 0 unspecified atom stereocenters. The first-order valence-corrected chi connectivity index (χ1v) is 8.45. The van der Waals surface area contributed by atoms with E-state index >= 15 is 0 Å². The van der Waals surface area contributed by atoms with Gasteiger partial charge in [0.25, 0.3) is 0 Å². The topological polar surface area (TPSA) is 34.1 Å². The van der Waals surface area contributed by atoms with Crippen LogP contribution in [0, 0.1) is 0 Å². The fraction of sp³-hybridized carbons (Fsp3) is 0.167. The summed E-state index contributed by atoms with van der Waals surface area (Å²) in [5.41, 5.74) is 0. The number of thiophene rings is 2. The lowest BCUT2D eigenvalue weighted by atomic mass is 10.1. The van der Waals surface area contributed by atoms with Gasteiger partial charge in [-0.25, -0.2) is 0 Å². The van der Waals surface area contributed by atoms with Gasteiger partial charge in [-0.3, -0.25) is 9.59 Å². The lowest BCUT2D eigenvalue weighted by Crippen LogP contribution is -2.02. The Labute approximate surface area is 129 Å². The van der Waals surface area contributed by atoms with E-state index in [1.165, 1.54) is 22.7 Å². The minimum atomic E-state index is 0.0228. The maximum absolute atomic E-state index is 11.8. The van der Waals surface area contributed by atoms with E-state index in [1.54, 1.807) is 12.1 Å². The smallest absolute Gasteiger partial charge is 0.173 e. The molecule has 18 heavy (non-hydrogen) atoms. The standard InChI is InChI=1S/C12H8Br2O2S2/c13-7-3-11(17-5-7)9(15)1-2-10(16)12-4-8(14)6-18-12/h3-6H,1-2H2. The van der Waals surface area contributed by atoms with Crippen LogP contribution in [0.2, 0.25) is 0 Å². The summed E-state index contributed by atoms with van der Waals surface area (Å²) >= 11 is 9.41. The quantitative estimate of drug-likeness (QED) is 0.639. The van der Waals surface area contributed by atoms with E-state index in [1.807, 2.05) is 10.8 Å². The Morgan fingerprint density at radius 1 is 0.889 bits per heavy atom. The van der Waals surface area contributed by atoms with Crippen LogP contribution in [0.5, 0.6) is 0 Å². The second-order valence-corrected chi connectivity index (χ2v) is 7.26. The van der Waals surface area contributed by atoms with Gasteiger partial charge in [-0.2, -0.15) is 0 Å². The number of ketones is 2. The van der Waals surface area contributed by atoms with Crippen LogP contribution in [0.3, 0.4) is 0 Å². The second kappa shape index (κ2) is 6.23. The zero-order chi connectivity index (χ0) is 13.1. The van der Waals surface area contributed by atoms with E-state index < -0.39 is 0 Å². The van der Waals surface area contributed by atoms with Crippen molar-refractivity contribution >= 4 is 66.1 Å². The summed E-state index contributed by atoms with van der Waals surface area (Å²) in [4.78, 5) is 25.1. The zero-order valence-electron chi connectivity index (χ0n) is 9.11. The highest BCUT2D eigenvalue weighted by Crippen LogP contribution is 2.24. The largest absolute Gasteiger partial charge is 0.293 e. The van der Waals surface area contributed by atoms with Gasteiger partial charge in [-0.15, -0.1) is 22.7 Å². The molecule has 0 atom stereocenters. The van der Waals surface area contributed by atoms with E-state index in [9.17, 15) is 9.59 Å². The van der Waals surface area contributed by atoms with E-state index in [0.29, 0.717) is 9.75 Å². The van der Waals surface area contributed by atoms with Gasteiger partial charge in [0, 0.05) is 32.5 Å². The van der Waals surface area contributed by atoms with Crippen molar-refractivity contribution in [3.8, 4) is 0 Å². The fourth-order valence-electron chi connectivity index (χ4n) is 1.39. The first kappa shape index (κ1) is 14.1. The van der Waals surface area contributed by atoms with Crippen molar-refractivity contribution in [2.45, 2.75) is 12.8 Å². The van der Waals surface area contributed by atoms with Gasteiger partial charge in [0.15, 0.2) is 11.6 Å². The molecule has 0 aliphatic carbocycles. The molecule has 6 heteroatoms. The molecule has 0 saturated heterocycles. The molecule has 0 N–H and O–H groups in total. The van der Waals surface area contributed by atoms with E-state index in [4.69, 9.17) is 0 Å². The summed E-state index contributed by atoms with van der Waals surface area (Å²) in [6.45, 7) is 0. The van der Waals surface area contributed by atoms with Gasteiger partial charge in [0.05, 0.1) is 9.75 Å². The van der Waals surface area contributed by atoms with Crippen molar-refractivity contribution in [1.82, 2.24) is 0 Å². The number of carbonyl (C=O) groups is 2. The summed E-state index contributed by atoms with van der Waals surface area (Å²) in [5.74, 6) is 0.0457. The molecule has 2 nitrogen and oxygen atoms in total. The molecule has 0 bridgehead atoms. The van der Waals surface area contributed by atoms with Crippen molar-refractivity contribution < 1.29 is 9.59 Å². The van der Waals surface area contributed by atoms with Crippen molar-refractivity contribution in [3.05, 3.63) is 41.6 Å². The van der Waals surface area contributed by atoms with Crippen LogP contribution in [0.1, 0.15) is 32.2 Å². The molecule has 2 rings (SSSR count). The monoisotopic (exact) mass is 406 g/mol. The Morgan fingerprint density at radius 3 is 1.56 bits per heavy atom. The maximum Gasteiger partial charge on any atom is 0.173 e. The molecule has 0 aromatic carbocycles. The van der Waals surface area contributed by atoms with Gasteiger partial charge in [0.1, 0.15) is 0 Å². The average molecular weight is 408 g/mol. The van der Waals surface area contributed by atoms with Crippen LogP contribution in [-0.4, -0.2) is 11.6 Å². The van der Waals surface area contributed by atoms with Gasteiger partial charge in [-0.05, 0) is 44.0 Å². The van der Waals surface area contributed by atoms with Crippen LogP contribution in [-0.2, 0) is 0 Å². The molecular formula is C12H8Br2O2S2. The van der Waals surface area contributed by atoms with Crippen LogP contribution in [0.4, 0.5) is 0 Å². The molecule has 0 fully saturated rings. The summed E-state index contributed by atoms with van der Waals surface area (Å²) in [5, 5.41) is 3.73. The summed E-state index contributed by atoms with van der Waals surface area (Å²) in [6, 6.07) is 3.58. The molecule has 0 aliphatic rings. The summed E-state index contributed by atoms with van der Waals surface area (Å²) in [7, 11) is 0. The number of hydrogen-bond acceptors (Lipinski definition) is 4. The number of halogens is 2. The first-order chi connectivity index (χ1) is 8.56. The Kier molecular flexibility index (Phi) is 4.89. The van der Waals surface area contributed by atoms with Crippen molar-refractivity contribution in [2.75, 3.05) is 0 Å². The highest BCUT2D eigenvalue weighted by Gasteiger charge is 2.13. The van der Waals surface area contributed by atoms with Crippen LogP contribution >= 0.6 is 54.5 Å². The summed E-state index contributed by atoms with van der Waals surface area (Å²) < 4.78 is 1.81. The lowest BCUT2D eigenvalue weighted by Gasteiger charge is -1.97. The molecule has 2 heterocycles. The molecule has 0 spiro atoms. The van der Waals surface area contributed by atoms with E-state index in [-0.39, 0.29) is 24.4 Å². The van der Waals surface area contributed by atoms with Gasteiger partial charge in [0.2, 0.25) is 0 Å². The Balaban J connectivity index is 1.92. The third-order valence-corrected chi connectivity index (χ3v) is 5.73. The average Bonchev–Trinajstić information content (AvgIpc) is 2.94. The number of Topliss-reactive ketones (excluding diaryl/α,β-unsaturated/α-hetero) is 2. The highest BCUT2D eigenvalue weighted by molar-refractivity contribution is 9.10. The van der Waals surface area contributed by atoms with Crippen LogP contribution in [0.25, 0.3) is 0 Å². The number of hydrogen-bond donors (Lipinski definition) is 0. The van der Waals surface area contributed by atoms with Crippen molar-refractivity contribution in [2.24, 2.45) is 0 Å². The van der Waals surface area contributed by atoms with Crippen LogP contribution in [0.15, 0.2) is 31.8 Å².